The van der Waals surface area contributed by atoms with Crippen LogP contribution in [0.1, 0.15) is 32.1 Å². The average Bonchev–Trinajstić information content (AvgIpc) is 3.14. The first kappa shape index (κ1) is 20.7. The molecule has 2 heterocycles. The predicted molar refractivity (Wildman–Crippen MR) is 102 cm³/mol. The molecule has 24 heavy (non-hydrogen) atoms. The fourth-order valence-corrected chi connectivity index (χ4v) is 3.17. The van der Waals surface area contributed by atoms with Gasteiger partial charge in [0.15, 0.2) is 0 Å². The van der Waals surface area contributed by atoms with Crippen LogP contribution < -0.4 is 10.6 Å². The second-order valence-electron chi connectivity index (χ2n) is 6.21. The van der Waals surface area contributed by atoms with Gasteiger partial charge in [-0.05, 0) is 38.9 Å². The number of nitrogens with one attached hydrogen (secondary N) is 2. The van der Waals surface area contributed by atoms with Crippen molar-refractivity contribution in [1.82, 2.24) is 20.2 Å². The SMILES string of the molecule is CC(C)n1c(CCNC(=O)C2CCNC2)nc2ccccc21.Cl.Cl. The number of para-hydroxylation sites is 2. The third kappa shape index (κ3) is 4.41. The van der Waals surface area contributed by atoms with E-state index in [2.05, 4.69) is 35.1 Å². The fraction of sp³-hybridized carbons (Fsp3) is 0.529. The van der Waals surface area contributed by atoms with Gasteiger partial charge in [0.05, 0.1) is 17.0 Å². The number of hydrogen-bond acceptors (Lipinski definition) is 3. The smallest absolute Gasteiger partial charge is 0.224 e. The van der Waals surface area contributed by atoms with Crippen molar-refractivity contribution >= 4 is 41.8 Å². The van der Waals surface area contributed by atoms with Crippen LogP contribution in [0.15, 0.2) is 24.3 Å². The van der Waals surface area contributed by atoms with E-state index in [0.29, 0.717) is 12.6 Å². The summed E-state index contributed by atoms with van der Waals surface area (Å²) >= 11 is 0. The first-order valence-electron chi connectivity index (χ1n) is 8.11. The van der Waals surface area contributed by atoms with Crippen molar-refractivity contribution in [3.63, 3.8) is 0 Å². The lowest BCUT2D eigenvalue weighted by Gasteiger charge is -2.14. The molecular weight excluding hydrogens is 347 g/mol. The molecule has 1 aromatic carbocycles. The van der Waals surface area contributed by atoms with Crippen LogP contribution >= 0.6 is 24.8 Å². The molecule has 1 aliphatic heterocycles. The number of benzene rings is 1. The molecule has 0 saturated carbocycles. The van der Waals surface area contributed by atoms with Crippen LogP contribution in [0.2, 0.25) is 0 Å². The van der Waals surface area contributed by atoms with E-state index in [1.54, 1.807) is 0 Å². The Labute approximate surface area is 155 Å². The van der Waals surface area contributed by atoms with Crippen LogP contribution in [0.25, 0.3) is 11.0 Å². The van der Waals surface area contributed by atoms with Crippen LogP contribution in [0, 0.1) is 5.92 Å². The van der Waals surface area contributed by atoms with Crippen LogP contribution in [-0.2, 0) is 11.2 Å². The number of nitrogens with zero attached hydrogens (tertiary/aromatic N) is 2. The van der Waals surface area contributed by atoms with Crippen LogP contribution in [0.4, 0.5) is 0 Å². The van der Waals surface area contributed by atoms with Crippen LogP contribution in [-0.4, -0.2) is 35.1 Å². The van der Waals surface area contributed by atoms with Gasteiger partial charge in [0.1, 0.15) is 5.82 Å². The molecule has 1 unspecified atom stereocenters. The third-order valence-corrected chi connectivity index (χ3v) is 4.26. The van der Waals surface area contributed by atoms with E-state index in [9.17, 15) is 4.79 Å². The van der Waals surface area contributed by atoms with Crippen molar-refractivity contribution in [2.45, 2.75) is 32.7 Å². The van der Waals surface area contributed by atoms with E-state index in [1.165, 1.54) is 5.52 Å². The van der Waals surface area contributed by atoms with Gasteiger partial charge in [0.2, 0.25) is 5.91 Å². The Hall–Kier alpha value is -1.30. The van der Waals surface area contributed by atoms with Gasteiger partial charge in [0.25, 0.3) is 0 Å². The molecule has 1 atom stereocenters. The zero-order valence-electron chi connectivity index (χ0n) is 14.1. The monoisotopic (exact) mass is 372 g/mol. The maximum Gasteiger partial charge on any atom is 0.224 e. The Morgan fingerprint density at radius 1 is 1.38 bits per heavy atom. The number of rotatable bonds is 5. The molecule has 7 heteroatoms. The number of carbonyl (C=O) groups is 1. The lowest BCUT2D eigenvalue weighted by Crippen LogP contribution is -2.33. The molecule has 134 valence electrons. The third-order valence-electron chi connectivity index (χ3n) is 4.26. The number of carbonyl (C=O) groups excluding carboxylic acids is 1. The molecule has 1 saturated heterocycles. The Morgan fingerprint density at radius 2 is 2.12 bits per heavy atom. The summed E-state index contributed by atoms with van der Waals surface area (Å²) in [5, 5.41) is 6.28. The van der Waals surface area contributed by atoms with Gasteiger partial charge in [0, 0.05) is 25.6 Å². The van der Waals surface area contributed by atoms with Crippen molar-refractivity contribution in [3.8, 4) is 0 Å². The Balaban J connectivity index is 0.00000144. The highest BCUT2D eigenvalue weighted by Gasteiger charge is 2.22. The standard InChI is InChI=1S/C17H24N4O.2ClH/c1-12(2)21-15-6-4-3-5-14(15)20-16(21)8-10-19-17(22)13-7-9-18-11-13;;/h3-6,12-13,18H,7-11H2,1-2H3,(H,19,22);2*1H. The maximum atomic E-state index is 12.0. The summed E-state index contributed by atoms with van der Waals surface area (Å²) in [5.74, 6) is 1.34. The Bertz CT molecular complexity index is 666. The summed E-state index contributed by atoms with van der Waals surface area (Å²) < 4.78 is 2.26. The van der Waals surface area contributed by atoms with Crippen molar-refractivity contribution in [2.24, 2.45) is 5.92 Å². The maximum absolute atomic E-state index is 12.0. The molecule has 1 fully saturated rings. The molecule has 0 spiro atoms. The van der Waals surface area contributed by atoms with E-state index in [0.717, 1.165) is 37.3 Å². The van der Waals surface area contributed by atoms with Gasteiger partial charge >= 0.3 is 0 Å². The molecule has 0 radical (unpaired) electrons. The van der Waals surface area contributed by atoms with E-state index in [4.69, 9.17) is 4.98 Å². The molecule has 1 aliphatic rings. The highest BCUT2D eigenvalue weighted by atomic mass is 35.5. The number of amides is 1. The summed E-state index contributed by atoms with van der Waals surface area (Å²) in [7, 11) is 0. The summed E-state index contributed by atoms with van der Waals surface area (Å²) in [6, 6.07) is 8.56. The van der Waals surface area contributed by atoms with E-state index < -0.39 is 0 Å². The zero-order chi connectivity index (χ0) is 15.5. The van der Waals surface area contributed by atoms with Crippen molar-refractivity contribution in [1.29, 1.82) is 0 Å². The number of halogens is 2. The Kier molecular flexibility index (Phi) is 8.00. The normalized spacial score (nSPS) is 16.7. The quantitative estimate of drug-likeness (QED) is 0.847. The van der Waals surface area contributed by atoms with Gasteiger partial charge in [-0.25, -0.2) is 4.98 Å². The van der Waals surface area contributed by atoms with Gasteiger partial charge < -0.3 is 15.2 Å². The molecule has 5 nitrogen and oxygen atoms in total. The van der Waals surface area contributed by atoms with Gasteiger partial charge in [-0.2, -0.15) is 0 Å². The molecular formula is C17H26Cl2N4O. The highest BCUT2D eigenvalue weighted by molar-refractivity contribution is 5.85. The minimum atomic E-state index is 0. The van der Waals surface area contributed by atoms with Crippen molar-refractivity contribution in [3.05, 3.63) is 30.1 Å². The number of fused-ring (bicyclic) bond motifs is 1. The Morgan fingerprint density at radius 3 is 2.79 bits per heavy atom. The molecule has 1 amide bonds. The number of hydrogen-bond donors (Lipinski definition) is 2. The van der Waals surface area contributed by atoms with Gasteiger partial charge in [-0.15, -0.1) is 24.8 Å². The zero-order valence-corrected chi connectivity index (χ0v) is 15.8. The van der Waals surface area contributed by atoms with Crippen molar-refractivity contribution in [2.75, 3.05) is 19.6 Å². The number of imidazole rings is 1. The highest BCUT2D eigenvalue weighted by Crippen LogP contribution is 2.21. The second-order valence-corrected chi connectivity index (χ2v) is 6.21. The number of aromatic nitrogens is 2. The molecule has 0 bridgehead atoms. The minimum Gasteiger partial charge on any atom is -0.355 e. The summed E-state index contributed by atoms with van der Waals surface area (Å²) in [6.45, 7) is 6.73. The molecule has 2 N–H and O–H groups in total. The van der Waals surface area contributed by atoms with E-state index in [-0.39, 0.29) is 36.6 Å². The topological polar surface area (TPSA) is 59.0 Å². The average molecular weight is 373 g/mol. The lowest BCUT2D eigenvalue weighted by molar-refractivity contribution is -0.124. The molecule has 3 rings (SSSR count). The van der Waals surface area contributed by atoms with Gasteiger partial charge in [-0.3, -0.25) is 4.79 Å². The largest absolute Gasteiger partial charge is 0.355 e. The first-order chi connectivity index (χ1) is 10.7. The van der Waals surface area contributed by atoms with Crippen molar-refractivity contribution < 1.29 is 4.79 Å². The summed E-state index contributed by atoms with van der Waals surface area (Å²) in [6.07, 6.45) is 1.70. The second kappa shape index (κ2) is 9.25. The molecule has 0 aliphatic carbocycles. The summed E-state index contributed by atoms with van der Waals surface area (Å²) in [5.41, 5.74) is 2.19. The van der Waals surface area contributed by atoms with Crippen LogP contribution in [0.3, 0.4) is 0 Å². The minimum absolute atomic E-state index is 0. The van der Waals surface area contributed by atoms with Crippen LogP contribution in [0.5, 0.6) is 0 Å². The predicted octanol–water partition coefficient (Wildman–Crippen LogP) is 2.73. The lowest BCUT2D eigenvalue weighted by atomic mass is 10.1. The molecule has 1 aromatic heterocycles. The first-order valence-corrected chi connectivity index (χ1v) is 8.11. The van der Waals surface area contributed by atoms with E-state index >= 15 is 0 Å². The van der Waals surface area contributed by atoms with E-state index in [1.807, 2.05) is 18.2 Å². The molecule has 2 aromatic rings. The van der Waals surface area contributed by atoms with Gasteiger partial charge in [-0.1, -0.05) is 12.1 Å². The fourth-order valence-electron chi connectivity index (χ4n) is 3.17. The summed E-state index contributed by atoms with van der Waals surface area (Å²) in [4.78, 5) is 16.8.